The maximum Gasteiger partial charge on any atom is 0.237 e. The molecule has 0 aliphatic carbocycles. The summed E-state index contributed by atoms with van der Waals surface area (Å²) in [5, 5.41) is 6.95. The lowest BCUT2D eigenvalue weighted by atomic mass is 9.92. The van der Waals surface area contributed by atoms with Crippen molar-refractivity contribution in [2.75, 3.05) is 11.9 Å². The fraction of sp³-hybridized carbons (Fsp3) is 0.214. The number of carbonyl (C=O) groups is 2. The first-order valence-electron chi connectivity index (χ1n) is 6.38. The monoisotopic (exact) mass is 305 g/mol. The molecule has 0 radical (unpaired) electrons. The van der Waals surface area contributed by atoms with Crippen molar-refractivity contribution in [3.05, 3.63) is 46.7 Å². The highest BCUT2D eigenvalue weighted by molar-refractivity contribution is 7.07. The van der Waals surface area contributed by atoms with Crippen LogP contribution < -0.4 is 10.6 Å². The summed E-state index contributed by atoms with van der Waals surface area (Å²) in [6.07, 6.45) is 0. The number of nitrogens with zero attached hydrogens (tertiary/aromatic N) is 1. The number of aromatic nitrogens is 1. The van der Waals surface area contributed by atoms with Crippen molar-refractivity contribution in [2.24, 2.45) is 5.92 Å². The molecule has 2 N–H and O–H groups in total. The molecule has 1 aliphatic rings. The van der Waals surface area contributed by atoms with Gasteiger partial charge in [-0.3, -0.25) is 9.59 Å². The summed E-state index contributed by atoms with van der Waals surface area (Å²) >= 11 is 1.41. The third kappa shape index (κ3) is 2.64. The molecule has 0 spiro atoms. The number of carbonyl (C=O) groups excluding carboxylic acids is 2. The largest absolute Gasteiger partial charge is 0.355 e. The van der Waals surface area contributed by atoms with E-state index >= 15 is 0 Å². The van der Waals surface area contributed by atoms with E-state index in [1.807, 2.05) is 5.38 Å². The number of thiazole rings is 1. The molecule has 2 amide bonds. The van der Waals surface area contributed by atoms with Crippen LogP contribution in [0.5, 0.6) is 0 Å². The fourth-order valence-corrected chi connectivity index (χ4v) is 2.99. The summed E-state index contributed by atoms with van der Waals surface area (Å²) in [5.74, 6) is -2.63. The smallest absolute Gasteiger partial charge is 0.237 e. The van der Waals surface area contributed by atoms with Crippen LogP contribution in [0.25, 0.3) is 0 Å². The molecule has 108 valence electrons. The number of benzene rings is 1. The van der Waals surface area contributed by atoms with Gasteiger partial charge in [0.2, 0.25) is 11.8 Å². The lowest BCUT2D eigenvalue weighted by Crippen LogP contribution is -2.32. The molecule has 1 fully saturated rings. The van der Waals surface area contributed by atoms with E-state index in [1.54, 1.807) is 11.6 Å². The highest BCUT2D eigenvalue weighted by atomic mass is 32.1. The van der Waals surface area contributed by atoms with Gasteiger partial charge in [0.1, 0.15) is 11.7 Å². The number of para-hydroxylation sites is 1. The summed E-state index contributed by atoms with van der Waals surface area (Å²) < 4.78 is 13.6. The van der Waals surface area contributed by atoms with Gasteiger partial charge in [-0.1, -0.05) is 12.1 Å². The molecule has 5 nitrogen and oxygen atoms in total. The van der Waals surface area contributed by atoms with Gasteiger partial charge >= 0.3 is 0 Å². The first-order valence-corrected chi connectivity index (χ1v) is 7.32. The second kappa shape index (κ2) is 5.61. The van der Waals surface area contributed by atoms with Crippen LogP contribution in [0, 0.1) is 11.7 Å². The molecule has 1 aromatic heterocycles. The quantitative estimate of drug-likeness (QED) is 0.849. The van der Waals surface area contributed by atoms with Crippen LogP contribution >= 0.6 is 11.3 Å². The summed E-state index contributed by atoms with van der Waals surface area (Å²) in [6.45, 7) is 0.359. The number of hydrogen-bond donors (Lipinski definition) is 2. The second-order valence-corrected chi connectivity index (χ2v) is 5.43. The molecule has 1 saturated heterocycles. The molecule has 1 aromatic carbocycles. The Hall–Kier alpha value is -2.28. The first kappa shape index (κ1) is 13.7. The van der Waals surface area contributed by atoms with Crippen LogP contribution in [0.15, 0.2) is 35.2 Å². The number of nitrogens with one attached hydrogen (secondary N) is 2. The van der Waals surface area contributed by atoms with Gasteiger partial charge in [-0.15, -0.1) is 11.3 Å². The van der Waals surface area contributed by atoms with E-state index in [0.29, 0.717) is 12.2 Å². The molecule has 2 aromatic rings. The van der Waals surface area contributed by atoms with Crippen molar-refractivity contribution >= 4 is 28.8 Å². The lowest BCUT2D eigenvalue weighted by molar-refractivity contribution is -0.130. The Balaban J connectivity index is 1.82. The Morgan fingerprint density at radius 3 is 2.95 bits per heavy atom. The Kier molecular flexibility index (Phi) is 3.66. The predicted octanol–water partition coefficient (Wildman–Crippen LogP) is 1.75. The molecular weight excluding hydrogens is 293 g/mol. The second-order valence-electron chi connectivity index (χ2n) is 4.71. The van der Waals surface area contributed by atoms with E-state index in [4.69, 9.17) is 0 Å². The maximum atomic E-state index is 13.6. The molecule has 0 saturated carbocycles. The van der Waals surface area contributed by atoms with Crippen molar-refractivity contribution < 1.29 is 14.0 Å². The summed E-state index contributed by atoms with van der Waals surface area (Å²) in [6, 6.07) is 5.86. The molecule has 3 rings (SSSR count). The zero-order valence-corrected chi connectivity index (χ0v) is 11.7. The lowest BCUT2D eigenvalue weighted by Gasteiger charge is -2.15. The van der Waals surface area contributed by atoms with E-state index in [0.717, 1.165) is 0 Å². The third-order valence-corrected chi connectivity index (χ3v) is 4.03. The van der Waals surface area contributed by atoms with E-state index in [2.05, 4.69) is 15.6 Å². The van der Waals surface area contributed by atoms with Crippen LogP contribution in [0.3, 0.4) is 0 Å². The van der Waals surface area contributed by atoms with Crippen LogP contribution in [0.4, 0.5) is 10.1 Å². The van der Waals surface area contributed by atoms with E-state index in [1.165, 1.54) is 29.5 Å². The van der Waals surface area contributed by atoms with E-state index in [-0.39, 0.29) is 17.5 Å². The summed E-state index contributed by atoms with van der Waals surface area (Å²) in [4.78, 5) is 28.4. The number of halogens is 1. The van der Waals surface area contributed by atoms with Gasteiger partial charge in [0, 0.05) is 17.8 Å². The molecule has 2 atom stereocenters. The van der Waals surface area contributed by atoms with Crippen LogP contribution in [0.2, 0.25) is 0 Å². The minimum absolute atomic E-state index is 0.0687. The molecule has 21 heavy (non-hydrogen) atoms. The van der Waals surface area contributed by atoms with Gasteiger partial charge in [0.15, 0.2) is 0 Å². The predicted molar refractivity (Wildman–Crippen MR) is 76.4 cm³/mol. The number of rotatable bonds is 3. The van der Waals surface area contributed by atoms with Gasteiger partial charge in [0.05, 0.1) is 16.9 Å². The Morgan fingerprint density at radius 2 is 2.24 bits per heavy atom. The summed E-state index contributed by atoms with van der Waals surface area (Å²) in [5.41, 5.74) is 2.43. The first-order chi connectivity index (χ1) is 10.2. The van der Waals surface area contributed by atoms with Crippen LogP contribution in [0.1, 0.15) is 11.6 Å². The fourth-order valence-electron chi connectivity index (χ4n) is 2.38. The average molecular weight is 305 g/mol. The van der Waals surface area contributed by atoms with Crippen molar-refractivity contribution in [1.82, 2.24) is 10.3 Å². The zero-order valence-electron chi connectivity index (χ0n) is 10.9. The van der Waals surface area contributed by atoms with Gasteiger partial charge in [-0.05, 0) is 12.1 Å². The molecule has 7 heteroatoms. The van der Waals surface area contributed by atoms with E-state index < -0.39 is 17.6 Å². The normalized spacial score (nSPS) is 21.1. The topological polar surface area (TPSA) is 71.1 Å². The van der Waals surface area contributed by atoms with Gasteiger partial charge < -0.3 is 10.6 Å². The van der Waals surface area contributed by atoms with Crippen LogP contribution in [-0.4, -0.2) is 23.3 Å². The number of anilines is 1. The number of amides is 2. The zero-order chi connectivity index (χ0) is 14.8. The maximum absolute atomic E-state index is 13.6. The third-order valence-electron chi connectivity index (χ3n) is 3.43. The van der Waals surface area contributed by atoms with Gasteiger partial charge in [-0.25, -0.2) is 9.37 Å². The Labute approximate surface area is 124 Å². The van der Waals surface area contributed by atoms with E-state index in [9.17, 15) is 14.0 Å². The average Bonchev–Trinajstić information content (AvgIpc) is 3.10. The highest BCUT2D eigenvalue weighted by Crippen LogP contribution is 2.30. The minimum Gasteiger partial charge on any atom is -0.355 e. The van der Waals surface area contributed by atoms with Gasteiger partial charge in [-0.2, -0.15) is 0 Å². The minimum atomic E-state index is -0.897. The van der Waals surface area contributed by atoms with Crippen molar-refractivity contribution in [3.63, 3.8) is 0 Å². The van der Waals surface area contributed by atoms with Crippen LogP contribution in [-0.2, 0) is 9.59 Å². The van der Waals surface area contributed by atoms with Crippen molar-refractivity contribution in [1.29, 1.82) is 0 Å². The Morgan fingerprint density at radius 1 is 1.43 bits per heavy atom. The molecule has 0 unspecified atom stereocenters. The van der Waals surface area contributed by atoms with Gasteiger partial charge in [0.25, 0.3) is 0 Å². The summed E-state index contributed by atoms with van der Waals surface area (Å²) in [7, 11) is 0. The SMILES string of the molecule is O=C1NC[C@H](c2cscn2)[C@H]1C(=O)Nc1ccccc1F. The standard InChI is InChI=1S/C14H12FN3O2S/c15-9-3-1-2-4-10(9)18-14(20)12-8(5-16-13(12)19)11-6-21-7-17-11/h1-4,6-8,12H,5H2,(H,16,19)(H,18,20)/t8-,12-/m1/s1. The molecular formula is C14H12FN3O2S. The highest BCUT2D eigenvalue weighted by Gasteiger charge is 2.42. The van der Waals surface area contributed by atoms with Crippen molar-refractivity contribution in [2.45, 2.75) is 5.92 Å². The van der Waals surface area contributed by atoms with Crippen molar-refractivity contribution in [3.8, 4) is 0 Å². The molecule has 0 bridgehead atoms. The Bertz CT molecular complexity index is 675. The number of hydrogen-bond acceptors (Lipinski definition) is 4. The molecule has 2 heterocycles. The molecule has 1 aliphatic heterocycles.